The molecule has 0 amide bonds. The van der Waals surface area contributed by atoms with Crippen molar-refractivity contribution in [3.63, 3.8) is 0 Å². The van der Waals surface area contributed by atoms with Crippen molar-refractivity contribution in [2.24, 2.45) is 0 Å². The van der Waals surface area contributed by atoms with Crippen LogP contribution in [0.15, 0.2) is 54.9 Å². The van der Waals surface area contributed by atoms with Gasteiger partial charge >= 0.3 is 0 Å². The number of para-hydroxylation sites is 1. The van der Waals surface area contributed by atoms with Crippen LogP contribution in [0.2, 0.25) is 0 Å². The minimum Gasteiger partial charge on any atom is -0.491 e. The van der Waals surface area contributed by atoms with Gasteiger partial charge in [0.15, 0.2) is 30.6 Å². The first-order valence-corrected chi connectivity index (χ1v) is 12.8. The highest BCUT2D eigenvalue weighted by Crippen LogP contribution is 2.37. The maximum atomic E-state index is 15.1. The van der Waals surface area contributed by atoms with Gasteiger partial charge in [0.2, 0.25) is 0 Å². The van der Waals surface area contributed by atoms with Gasteiger partial charge in [-0.3, -0.25) is 0 Å². The molecule has 0 fully saturated rings. The number of aryl methyl sites for hydroxylation is 1. The number of methoxy groups -OCH3 is 1. The van der Waals surface area contributed by atoms with Crippen molar-refractivity contribution in [1.29, 1.82) is 0 Å². The van der Waals surface area contributed by atoms with Crippen molar-refractivity contribution < 1.29 is 23.4 Å². The normalized spacial score (nSPS) is 11.2. The van der Waals surface area contributed by atoms with E-state index >= 15 is 8.78 Å². The fourth-order valence-corrected chi connectivity index (χ4v) is 4.67. The van der Waals surface area contributed by atoms with E-state index in [1.807, 2.05) is 35.8 Å². The summed E-state index contributed by atoms with van der Waals surface area (Å²) < 4.78 is 42.9. The fourth-order valence-electron chi connectivity index (χ4n) is 4.67. The Morgan fingerprint density at radius 1 is 1.05 bits per heavy atom. The Hall–Kier alpha value is -4.64. The number of rotatable bonds is 10. The van der Waals surface area contributed by atoms with Crippen molar-refractivity contribution in [3.05, 3.63) is 83.6 Å². The quantitative estimate of drug-likeness (QED) is 0.247. The first-order chi connectivity index (χ1) is 19.4. The molecule has 0 unspecified atom stereocenters. The van der Waals surface area contributed by atoms with Gasteiger partial charge in [-0.05, 0) is 25.5 Å². The average Bonchev–Trinajstić information content (AvgIpc) is 3.27. The number of nitrogens with one attached hydrogen (secondary N) is 1. The molecule has 5 aromatic rings. The van der Waals surface area contributed by atoms with Crippen LogP contribution in [-0.2, 0) is 13.0 Å². The van der Waals surface area contributed by atoms with Crippen LogP contribution in [-0.4, -0.2) is 49.9 Å². The number of benzene rings is 2. The second-order valence-corrected chi connectivity index (χ2v) is 8.97. The van der Waals surface area contributed by atoms with Gasteiger partial charge < -0.3 is 24.5 Å². The molecule has 5 rings (SSSR count). The van der Waals surface area contributed by atoms with Gasteiger partial charge in [-0.1, -0.05) is 25.1 Å². The van der Waals surface area contributed by atoms with E-state index < -0.39 is 11.6 Å². The summed E-state index contributed by atoms with van der Waals surface area (Å²) in [6, 6.07) is 11.7. The van der Waals surface area contributed by atoms with Crippen LogP contribution in [0.5, 0.6) is 11.5 Å². The van der Waals surface area contributed by atoms with Crippen LogP contribution in [0.3, 0.4) is 0 Å². The Labute approximate surface area is 229 Å². The van der Waals surface area contributed by atoms with Crippen LogP contribution < -0.4 is 14.8 Å². The van der Waals surface area contributed by atoms with Crippen LogP contribution in [0.1, 0.15) is 24.0 Å². The molecule has 206 valence electrons. The molecule has 40 heavy (non-hydrogen) atoms. The number of nitrogens with zero attached hydrogens (tertiary/aromatic N) is 5. The van der Waals surface area contributed by atoms with E-state index in [0.29, 0.717) is 35.5 Å². The highest BCUT2D eigenvalue weighted by Gasteiger charge is 2.23. The predicted octanol–water partition coefficient (Wildman–Crippen LogP) is 4.94. The zero-order valence-corrected chi connectivity index (χ0v) is 22.3. The van der Waals surface area contributed by atoms with E-state index in [4.69, 9.17) is 19.6 Å². The number of anilines is 2. The van der Waals surface area contributed by atoms with Gasteiger partial charge in [0, 0.05) is 46.1 Å². The summed E-state index contributed by atoms with van der Waals surface area (Å²) in [5.41, 5.74) is 2.29. The third-order valence-corrected chi connectivity index (χ3v) is 6.44. The summed E-state index contributed by atoms with van der Waals surface area (Å²) >= 11 is 0. The van der Waals surface area contributed by atoms with Crippen molar-refractivity contribution in [2.45, 2.75) is 26.8 Å². The number of aromatic nitrogens is 5. The zero-order valence-electron chi connectivity index (χ0n) is 22.3. The van der Waals surface area contributed by atoms with E-state index in [1.165, 1.54) is 7.11 Å². The first-order valence-electron chi connectivity index (χ1n) is 12.8. The molecule has 0 bridgehead atoms. The summed E-state index contributed by atoms with van der Waals surface area (Å²) in [4.78, 5) is 17.9. The second-order valence-electron chi connectivity index (χ2n) is 8.97. The predicted molar refractivity (Wildman–Crippen MR) is 148 cm³/mol. The molecular weight excluding hydrogens is 518 g/mol. The maximum absolute atomic E-state index is 15.1. The topological polar surface area (TPSA) is 110 Å². The van der Waals surface area contributed by atoms with Gasteiger partial charge in [-0.25, -0.2) is 28.7 Å². The smallest absolute Gasteiger partial charge is 0.179 e. The molecule has 0 atom stereocenters. The van der Waals surface area contributed by atoms with E-state index in [-0.39, 0.29) is 31.1 Å². The summed E-state index contributed by atoms with van der Waals surface area (Å²) in [7, 11) is 1.53. The lowest BCUT2D eigenvalue weighted by Crippen LogP contribution is -2.09. The molecule has 3 aromatic heterocycles. The van der Waals surface area contributed by atoms with Crippen LogP contribution in [0.4, 0.5) is 20.4 Å². The van der Waals surface area contributed by atoms with Gasteiger partial charge in [0.25, 0.3) is 0 Å². The third-order valence-electron chi connectivity index (χ3n) is 6.44. The number of hydrogen-bond acceptors (Lipinski definition) is 7. The van der Waals surface area contributed by atoms with Gasteiger partial charge in [-0.2, -0.15) is 0 Å². The molecule has 0 aliphatic carbocycles. The minimum atomic E-state index is -0.714. The Morgan fingerprint density at radius 3 is 2.52 bits per heavy atom. The third kappa shape index (κ3) is 5.28. The minimum absolute atomic E-state index is 0.00758. The molecule has 11 heteroatoms. The highest BCUT2D eigenvalue weighted by molar-refractivity contribution is 5.97. The molecule has 3 heterocycles. The Balaban J connectivity index is 1.62. The Morgan fingerprint density at radius 2 is 1.82 bits per heavy atom. The maximum Gasteiger partial charge on any atom is 0.179 e. The molecule has 9 nitrogen and oxygen atoms in total. The lowest BCUT2D eigenvalue weighted by Gasteiger charge is -2.14. The zero-order chi connectivity index (χ0) is 28.2. The molecule has 0 saturated carbocycles. The molecule has 0 saturated heterocycles. The highest BCUT2D eigenvalue weighted by atomic mass is 19.1. The van der Waals surface area contributed by atoms with Crippen LogP contribution >= 0.6 is 0 Å². The molecule has 0 aliphatic rings. The SMILES string of the molecule is CCc1c(-c2ncc(OC)c(Nc3ccnc(C)n3)n2)c2ccccc2n1Cc1c(F)cc(OCC[OH2+])cc1F. The van der Waals surface area contributed by atoms with Crippen molar-refractivity contribution in [1.82, 2.24) is 24.5 Å². The van der Waals surface area contributed by atoms with Gasteiger partial charge in [-0.15, -0.1) is 0 Å². The summed E-state index contributed by atoms with van der Waals surface area (Å²) in [6.07, 6.45) is 3.79. The standard InChI is InChI=1S/C29H28F2N6O3/c1-4-23-27(29-33-15-25(39-3)28(36-29)35-26-9-10-32-17(2)34-26)19-7-5-6-8-24(19)37(23)16-20-21(30)13-18(14-22(20)31)40-12-11-38/h5-10,13-15,38H,4,11-12,16H2,1-3H3,(H,32,33,34,35,36)/p+1. The Bertz CT molecular complexity index is 1650. The largest absolute Gasteiger partial charge is 0.491 e. The van der Waals surface area contributed by atoms with Gasteiger partial charge in [0.05, 0.1) is 19.9 Å². The number of hydrogen-bond donors (Lipinski definition) is 1. The summed E-state index contributed by atoms with van der Waals surface area (Å²) in [5.74, 6) is 1.07. The average molecular weight is 548 g/mol. The van der Waals surface area contributed by atoms with E-state index in [9.17, 15) is 0 Å². The van der Waals surface area contributed by atoms with Crippen LogP contribution in [0.25, 0.3) is 22.3 Å². The second kappa shape index (κ2) is 11.6. The van der Waals surface area contributed by atoms with Crippen molar-refractivity contribution >= 4 is 22.5 Å². The molecule has 0 radical (unpaired) electrons. The van der Waals surface area contributed by atoms with E-state index in [2.05, 4.69) is 20.3 Å². The van der Waals surface area contributed by atoms with Crippen molar-refractivity contribution in [2.75, 3.05) is 25.6 Å². The first kappa shape index (κ1) is 26.9. The molecule has 0 spiro atoms. The monoisotopic (exact) mass is 547 g/mol. The molecule has 3 N–H and O–H groups in total. The Kier molecular flexibility index (Phi) is 7.83. The van der Waals surface area contributed by atoms with Crippen molar-refractivity contribution in [3.8, 4) is 22.9 Å². The molecular formula is C29H29F2N6O3+. The lowest BCUT2D eigenvalue weighted by atomic mass is 10.1. The van der Waals surface area contributed by atoms with E-state index in [1.54, 1.807) is 25.4 Å². The molecule has 0 aliphatic heterocycles. The lowest BCUT2D eigenvalue weighted by molar-refractivity contribution is 0.200. The fraction of sp³-hybridized carbons (Fsp3) is 0.241. The van der Waals surface area contributed by atoms with E-state index in [0.717, 1.165) is 34.3 Å². The number of halogens is 2. The number of ether oxygens (including phenoxy) is 2. The summed E-state index contributed by atoms with van der Waals surface area (Å²) in [6.45, 7) is 3.78. The summed E-state index contributed by atoms with van der Waals surface area (Å²) in [5, 5.41) is 11.2. The van der Waals surface area contributed by atoms with Gasteiger partial charge in [0.1, 0.15) is 29.0 Å². The number of fused-ring (bicyclic) bond motifs is 1. The van der Waals surface area contributed by atoms with Crippen LogP contribution in [0, 0.1) is 18.6 Å². The molecule has 2 aromatic carbocycles.